The van der Waals surface area contributed by atoms with Gasteiger partial charge in [0, 0.05) is 18.7 Å². The molecule has 0 spiro atoms. The first-order valence-corrected chi connectivity index (χ1v) is 12.6. The van der Waals surface area contributed by atoms with Crippen LogP contribution in [0.4, 0.5) is 5.69 Å². The minimum atomic E-state index is -3.69. The first-order valence-electron chi connectivity index (χ1n) is 11.1. The van der Waals surface area contributed by atoms with Gasteiger partial charge in [-0.3, -0.25) is 4.79 Å². The van der Waals surface area contributed by atoms with Crippen molar-refractivity contribution in [3.8, 4) is 23.0 Å². The molecule has 0 bridgehead atoms. The van der Waals surface area contributed by atoms with Crippen LogP contribution in [0.3, 0.4) is 0 Å². The number of piperidine rings is 1. The molecule has 0 aromatic heterocycles. The fraction of sp³-hybridized carbons (Fsp3) is 0.458. The second-order valence-electron chi connectivity index (χ2n) is 8.16. The average Bonchev–Trinajstić information content (AvgIpc) is 2.84. The standard InChI is InChI=1S/C24H32N2O7S/c1-16(2)33-20-10-9-18(34(28,29)26-11-7-6-8-12-26)15-19(20)25-24(27)17-13-21(30-3)23(32-5)22(14-17)31-4/h9-10,13-16H,6-8,11-12H2,1-5H3,(H,25,27). The van der Waals surface area contributed by atoms with Gasteiger partial charge in [-0.1, -0.05) is 6.42 Å². The van der Waals surface area contributed by atoms with Crippen molar-refractivity contribution in [1.82, 2.24) is 4.31 Å². The fourth-order valence-corrected chi connectivity index (χ4v) is 5.33. The topological polar surface area (TPSA) is 103 Å². The van der Waals surface area contributed by atoms with Crippen molar-refractivity contribution in [3.05, 3.63) is 35.9 Å². The number of carbonyl (C=O) groups excluding carboxylic acids is 1. The first-order chi connectivity index (χ1) is 16.2. The fourth-order valence-electron chi connectivity index (χ4n) is 3.78. The van der Waals surface area contributed by atoms with Gasteiger partial charge in [-0.25, -0.2) is 8.42 Å². The average molecular weight is 493 g/mol. The molecule has 9 nitrogen and oxygen atoms in total. The number of nitrogens with zero attached hydrogens (tertiary/aromatic N) is 1. The van der Waals surface area contributed by atoms with Crippen molar-refractivity contribution < 1.29 is 32.2 Å². The number of hydrogen-bond acceptors (Lipinski definition) is 7. The van der Waals surface area contributed by atoms with E-state index >= 15 is 0 Å². The van der Waals surface area contributed by atoms with E-state index in [0.717, 1.165) is 19.3 Å². The molecule has 10 heteroatoms. The summed E-state index contributed by atoms with van der Waals surface area (Å²) in [6.45, 7) is 4.67. The molecule has 1 fully saturated rings. The number of ether oxygens (including phenoxy) is 4. The predicted octanol–water partition coefficient (Wildman–Crippen LogP) is 3.93. The first kappa shape index (κ1) is 25.6. The molecule has 34 heavy (non-hydrogen) atoms. The van der Waals surface area contributed by atoms with E-state index in [1.54, 1.807) is 6.07 Å². The van der Waals surface area contributed by atoms with E-state index in [-0.39, 0.29) is 22.3 Å². The number of sulfonamides is 1. The molecule has 3 rings (SSSR count). The summed E-state index contributed by atoms with van der Waals surface area (Å²) in [7, 11) is 0.707. The lowest BCUT2D eigenvalue weighted by Gasteiger charge is -2.26. The Morgan fingerprint density at radius 2 is 1.53 bits per heavy atom. The Labute approximate surface area is 201 Å². The molecule has 0 aliphatic carbocycles. The van der Waals surface area contributed by atoms with Gasteiger partial charge in [0.25, 0.3) is 5.91 Å². The van der Waals surface area contributed by atoms with Crippen LogP contribution in [0.25, 0.3) is 0 Å². The van der Waals surface area contributed by atoms with E-state index in [0.29, 0.717) is 36.1 Å². The highest BCUT2D eigenvalue weighted by molar-refractivity contribution is 7.89. The van der Waals surface area contributed by atoms with Gasteiger partial charge in [-0.15, -0.1) is 0 Å². The largest absolute Gasteiger partial charge is 0.493 e. The predicted molar refractivity (Wildman–Crippen MR) is 129 cm³/mol. The molecule has 0 radical (unpaired) electrons. The summed E-state index contributed by atoms with van der Waals surface area (Å²) < 4.78 is 49.7. The van der Waals surface area contributed by atoms with Crippen molar-refractivity contribution in [1.29, 1.82) is 0 Å². The highest BCUT2D eigenvalue weighted by Gasteiger charge is 2.27. The van der Waals surface area contributed by atoms with Crippen molar-refractivity contribution in [3.63, 3.8) is 0 Å². The molecule has 1 saturated heterocycles. The van der Waals surface area contributed by atoms with Gasteiger partial charge in [0.2, 0.25) is 15.8 Å². The zero-order valence-corrected chi connectivity index (χ0v) is 21.0. The summed E-state index contributed by atoms with van der Waals surface area (Å²) in [5.41, 5.74) is 0.500. The number of carbonyl (C=O) groups is 1. The van der Waals surface area contributed by atoms with Gasteiger partial charge in [-0.2, -0.15) is 4.31 Å². The normalized spacial score (nSPS) is 14.5. The van der Waals surface area contributed by atoms with E-state index in [4.69, 9.17) is 18.9 Å². The lowest BCUT2D eigenvalue weighted by molar-refractivity contribution is 0.102. The van der Waals surface area contributed by atoms with Gasteiger partial charge >= 0.3 is 0 Å². The van der Waals surface area contributed by atoms with Crippen LogP contribution in [-0.2, 0) is 10.0 Å². The molecule has 2 aromatic carbocycles. The Kier molecular flexibility index (Phi) is 8.27. The molecule has 1 heterocycles. The van der Waals surface area contributed by atoms with Crippen LogP contribution in [0.15, 0.2) is 35.2 Å². The second kappa shape index (κ2) is 11.0. The van der Waals surface area contributed by atoms with Crippen molar-refractivity contribution in [2.24, 2.45) is 0 Å². The van der Waals surface area contributed by atoms with E-state index in [9.17, 15) is 13.2 Å². The number of methoxy groups -OCH3 is 3. The molecule has 0 atom stereocenters. The zero-order valence-electron chi connectivity index (χ0n) is 20.2. The quantitative estimate of drug-likeness (QED) is 0.566. The Bertz CT molecular complexity index is 1100. The lowest BCUT2D eigenvalue weighted by Crippen LogP contribution is -2.35. The lowest BCUT2D eigenvalue weighted by atomic mass is 10.1. The molecule has 186 valence electrons. The number of nitrogens with one attached hydrogen (secondary N) is 1. The number of anilines is 1. The number of rotatable bonds is 9. The third-order valence-electron chi connectivity index (χ3n) is 5.44. The van der Waals surface area contributed by atoms with Gasteiger partial charge in [0.05, 0.1) is 38.0 Å². The zero-order chi connectivity index (χ0) is 24.9. The van der Waals surface area contributed by atoms with E-state index in [2.05, 4.69) is 5.32 Å². The maximum absolute atomic E-state index is 13.2. The van der Waals surface area contributed by atoms with Crippen LogP contribution >= 0.6 is 0 Å². The molecule has 1 N–H and O–H groups in total. The maximum atomic E-state index is 13.2. The third kappa shape index (κ3) is 5.56. The smallest absolute Gasteiger partial charge is 0.256 e. The van der Waals surface area contributed by atoms with Crippen LogP contribution in [0.5, 0.6) is 23.0 Å². The molecule has 2 aromatic rings. The van der Waals surface area contributed by atoms with Crippen molar-refractivity contribution in [2.75, 3.05) is 39.7 Å². The molecule has 1 aliphatic rings. The molecular formula is C24H32N2O7S. The van der Waals surface area contributed by atoms with E-state index in [1.165, 1.54) is 49.9 Å². The second-order valence-corrected chi connectivity index (χ2v) is 10.1. The highest BCUT2D eigenvalue weighted by Crippen LogP contribution is 2.39. The summed E-state index contributed by atoms with van der Waals surface area (Å²) in [5.74, 6) is 0.896. The van der Waals surface area contributed by atoms with Crippen LogP contribution in [0, 0.1) is 0 Å². The summed E-state index contributed by atoms with van der Waals surface area (Å²) >= 11 is 0. The molecule has 1 amide bonds. The van der Waals surface area contributed by atoms with Gasteiger partial charge in [-0.05, 0) is 57.0 Å². The van der Waals surface area contributed by atoms with Crippen LogP contribution in [-0.4, -0.2) is 59.2 Å². The third-order valence-corrected chi connectivity index (χ3v) is 7.34. The molecule has 0 unspecified atom stereocenters. The molecule has 1 aliphatic heterocycles. The number of hydrogen-bond donors (Lipinski definition) is 1. The van der Waals surface area contributed by atoms with Crippen LogP contribution in [0.2, 0.25) is 0 Å². The Hall–Kier alpha value is -2.98. The molecule has 0 saturated carbocycles. The maximum Gasteiger partial charge on any atom is 0.256 e. The summed E-state index contributed by atoms with van der Waals surface area (Å²) in [6.07, 6.45) is 2.50. The van der Waals surface area contributed by atoms with Gasteiger partial charge in [0.1, 0.15) is 5.75 Å². The Balaban J connectivity index is 1.99. The van der Waals surface area contributed by atoms with Crippen LogP contribution in [0.1, 0.15) is 43.5 Å². The summed E-state index contributed by atoms with van der Waals surface area (Å²) in [4.78, 5) is 13.3. The van der Waals surface area contributed by atoms with E-state index < -0.39 is 15.9 Å². The number of amides is 1. The number of benzene rings is 2. The van der Waals surface area contributed by atoms with Gasteiger partial charge < -0.3 is 24.3 Å². The minimum absolute atomic E-state index is 0.102. The summed E-state index contributed by atoms with van der Waals surface area (Å²) in [5, 5.41) is 2.79. The minimum Gasteiger partial charge on any atom is -0.493 e. The Morgan fingerprint density at radius 3 is 2.06 bits per heavy atom. The van der Waals surface area contributed by atoms with Crippen LogP contribution < -0.4 is 24.3 Å². The Morgan fingerprint density at radius 1 is 0.912 bits per heavy atom. The van der Waals surface area contributed by atoms with Crippen molar-refractivity contribution in [2.45, 2.75) is 44.1 Å². The summed E-state index contributed by atoms with van der Waals surface area (Å²) in [6, 6.07) is 7.57. The van der Waals surface area contributed by atoms with E-state index in [1.807, 2.05) is 13.8 Å². The SMILES string of the molecule is COc1cc(C(=O)Nc2cc(S(=O)(=O)N3CCCCC3)ccc2OC(C)C)cc(OC)c1OC. The van der Waals surface area contributed by atoms with Crippen molar-refractivity contribution >= 4 is 21.6 Å². The van der Waals surface area contributed by atoms with Gasteiger partial charge in [0.15, 0.2) is 11.5 Å². The monoisotopic (exact) mass is 492 g/mol. The molecular weight excluding hydrogens is 460 g/mol. The highest BCUT2D eigenvalue weighted by atomic mass is 32.2.